The maximum absolute atomic E-state index is 11.4. The minimum atomic E-state index is -1.20. The first kappa shape index (κ1) is 23.7. The number of carbonyl (C=O) groups is 1. The summed E-state index contributed by atoms with van der Waals surface area (Å²) in [5.41, 5.74) is 2.44. The van der Waals surface area contributed by atoms with Crippen molar-refractivity contribution in [3.8, 4) is 11.5 Å². The molecule has 0 spiro atoms. The fourth-order valence-electron chi connectivity index (χ4n) is 3.27. The third-order valence-corrected chi connectivity index (χ3v) is 6.11. The van der Waals surface area contributed by atoms with Gasteiger partial charge in [-0.05, 0) is 35.4 Å². The molecule has 4 aromatic rings. The van der Waals surface area contributed by atoms with Crippen molar-refractivity contribution >= 4 is 35.1 Å². The van der Waals surface area contributed by atoms with Crippen LogP contribution in [0.1, 0.15) is 31.2 Å². The zero-order valence-corrected chi connectivity index (χ0v) is 19.3. The number of ether oxygens (including phenoxy) is 2. The van der Waals surface area contributed by atoms with Gasteiger partial charge in [-0.25, -0.2) is 4.79 Å². The molecule has 0 aliphatic carbocycles. The molecule has 1 heterocycles. The van der Waals surface area contributed by atoms with Gasteiger partial charge in [0.2, 0.25) is 0 Å². The average Bonchev–Trinajstić information content (AvgIpc) is 3.32. The quantitative estimate of drug-likeness (QED) is 0.198. The Kier molecular flexibility index (Phi) is 7.54. The predicted octanol–water partition coefficient (Wildman–Crippen LogP) is 6.68. The number of aromatic carboxylic acids is 1. The molecule has 0 bridgehead atoms. The molecule has 7 nitrogen and oxygen atoms in total. The molecule has 0 saturated heterocycles. The standard InChI is InChI=1S/C27H21NO6S/c29-27(30)26-16-23(28(31)32)25(35-26)14-12-21-11-13-22(33-17-19-7-3-1-4-8-19)15-24(21)34-18-20-9-5-2-6-10-20/h1-16H,17-18H2,(H,29,30). The highest BCUT2D eigenvalue weighted by Crippen LogP contribution is 2.33. The van der Waals surface area contributed by atoms with E-state index in [2.05, 4.69) is 0 Å². The molecular formula is C27H21NO6S. The van der Waals surface area contributed by atoms with Gasteiger partial charge in [-0.1, -0.05) is 60.7 Å². The van der Waals surface area contributed by atoms with Gasteiger partial charge < -0.3 is 14.6 Å². The van der Waals surface area contributed by atoms with Gasteiger partial charge in [0.05, 0.1) is 4.92 Å². The van der Waals surface area contributed by atoms with Gasteiger partial charge in [-0.2, -0.15) is 0 Å². The fourth-order valence-corrected chi connectivity index (χ4v) is 4.14. The second-order valence-corrected chi connectivity index (χ2v) is 8.59. The number of thiophene rings is 1. The van der Waals surface area contributed by atoms with E-state index in [0.717, 1.165) is 28.5 Å². The second-order valence-electron chi connectivity index (χ2n) is 7.50. The molecule has 4 rings (SSSR count). The van der Waals surface area contributed by atoms with Gasteiger partial charge in [0, 0.05) is 17.7 Å². The molecule has 0 atom stereocenters. The molecule has 1 N–H and O–H groups in total. The number of nitro groups is 1. The van der Waals surface area contributed by atoms with Crippen LogP contribution in [0, 0.1) is 10.1 Å². The average molecular weight is 488 g/mol. The summed E-state index contributed by atoms with van der Waals surface area (Å²) in [7, 11) is 0. The first-order valence-corrected chi connectivity index (χ1v) is 11.5. The van der Waals surface area contributed by atoms with Gasteiger partial charge in [0.25, 0.3) is 5.69 Å². The van der Waals surface area contributed by atoms with Crippen LogP contribution in [-0.4, -0.2) is 16.0 Å². The molecule has 0 aliphatic heterocycles. The number of benzene rings is 3. The van der Waals surface area contributed by atoms with Crippen molar-refractivity contribution in [2.24, 2.45) is 0 Å². The number of nitrogens with zero attached hydrogens (tertiary/aromatic N) is 1. The van der Waals surface area contributed by atoms with Gasteiger partial charge in [0.15, 0.2) is 0 Å². The highest BCUT2D eigenvalue weighted by atomic mass is 32.1. The smallest absolute Gasteiger partial charge is 0.346 e. The van der Waals surface area contributed by atoms with Crippen molar-refractivity contribution in [1.82, 2.24) is 0 Å². The van der Waals surface area contributed by atoms with Crippen LogP contribution in [0.15, 0.2) is 84.9 Å². The summed E-state index contributed by atoms with van der Waals surface area (Å²) in [4.78, 5) is 22.2. The van der Waals surface area contributed by atoms with Crippen molar-refractivity contribution < 1.29 is 24.3 Å². The van der Waals surface area contributed by atoms with Crippen LogP contribution < -0.4 is 9.47 Å². The molecule has 3 aromatic carbocycles. The summed E-state index contributed by atoms with van der Waals surface area (Å²) >= 11 is 0.847. The van der Waals surface area contributed by atoms with E-state index >= 15 is 0 Å². The molecule has 0 radical (unpaired) electrons. The summed E-state index contributed by atoms with van der Waals surface area (Å²) in [6.45, 7) is 0.722. The molecule has 0 fully saturated rings. The largest absolute Gasteiger partial charge is 0.489 e. The number of rotatable bonds is 10. The first-order chi connectivity index (χ1) is 17.0. The lowest BCUT2D eigenvalue weighted by Crippen LogP contribution is -1.99. The van der Waals surface area contributed by atoms with E-state index in [4.69, 9.17) is 9.47 Å². The Hall–Kier alpha value is -4.43. The second kappa shape index (κ2) is 11.1. The van der Waals surface area contributed by atoms with Crippen LogP contribution >= 0.6 is 11.3 Å². The molecule has 0 amide bonds. The van der Waals surface area contributed by atoms with E-state index in [1.807, 2.05) is 60.7 Å². The number of hydrogen-bond donors (Lipinski definition) is 1. The number of carboxylic acid groups (broad SMARTS) is 1. The first-order valence-electron chi connectivity index (χ1n) is 10.7. The van der Waals surface area contributed by atoms with Gasteiger partial charge in [0.1, 0.15) is 34.5 Å². The monoisotopic (exact) mass is 487 g/mol. The van der Waals surface area contributed by atoms with E-state index < -0.39 is 10.9 Å². The predicted molar refractivity (Wildman–Crippen MR) is 135 cm³/mol. The Morgan fingerprint density at radius 3 is 2.11 bits per heavy atom. The molecule has 1 aromatic heterocycles. The van der Waals surface area contributed by atoms with Crippen LogP contribution in [0.2, 0.25) is 0 Å². The topological polar surface area (TPSA) is 98.9 Å². The zero-order valence-electron chi connectivity index (χ0n) is 18.5. The van der Waals surface area contributed by atoms with Crippen LogP contribution in [0.25, 0.3) is 12.2 Å². The van der Waals surface area contributed by atoms with Gasteiger partial charge in [-0.3, -0.25) is 10.1 Å². The highest BCUT2D eigenvalue weighted by Gasteiger charge is 2.20. The van der Waals surface area contributed by atoms with E-state index in [9.17, 15) is 20.0 Å². The Balaban J connectivity index is 1.60. The van der Waals surface area contributed by atoms with E-state index in [1.165, 1.54) is 6.08 Å². The third kappa shape index (κ3) is 6.33. The number of hydrogen-bond acceptors (Lipinski definition) is 6. The zero-order chi connectivity index (χ0) is 24.6. The minimum Gasteiger partial charge on any atom is -0.489 e. The molecule has 176 valence electrons. The van der Waals surface area contributed by atoms with Crippen molar-refractivity contribution in [1.29, 1.82) is 0 Å². The third-order valence-electron chi connectivity index (χ3n) is 5.03. The van der Waals surface area contributed by atoms with E-state index in [1.54, 1.807) is 24.3 Å². The molecular weight excluding hydrogens is 466 g/mol. The van der Waals surface area contributed by atoms with Crippen molar-refractivity contribution in [2.45, 2.75) is 13.2 Å². The Morgan fingerprint density at radius 2 is 1.51 bits per heavy atom. The normalized spacial score (nSPS) is 10.9. The fraction of sp³-hybridized carbons (Fsp3) is 0.0741. The minimum absolute atomic E-state index is 0.0958. The summed E-state index contributed by atoms with van der Waals surface area (Å²) in [6, 6.07) is 25.9. The lowest BCUT2D eigenvalue weighted by Gasteiger charge is -2.13. The lowest BCUT2D eigenvalue weighted by atomic mass is 10.1. The molecule has 0 unspecified atom stereocenters. The lowest BCUT2D eigenvalue weighted by molar-refractivity contribution is -0.384. The summed E-state index contributed by atoms with van der Waals surface area (Å²) in [6.07, 6.45) is 3.20. The molecule has 0 aliphatic rings. The van der Waals surface area contributed by atoms with Crippen molar-refractivity contribution in [3.63, 3.8) is 0 Å². The van der Waals surface area contributed by atoms with Crippen LogP contribution in [0.5, 0.6) is 11.5 Å². The number of carboxylic acids is 1. The molecule has 35 heavy (non-hydrogen) atoms. The van der Waals surface area contributed by atoms with E-state index in [-0.39, 0.29) is 15.4 Å². The van der Waals surface area contributed by atoms with E-state index in [0.29, 0.717) is 30.3 Å². The summed E-state index contributed by atoms with van der Waals surface area (Å²) < 4.78 is 12.0. The summed E-state index contributed by atoms with van der Waals surface area (Å²) in [5.74, 6) is -0.0535. The van der Waals surface area contributed by atoms with Crippen molar-refractivity contribution in [3.05, 3.63) is 121 Å². The Morgan fingerprint density at radius 1 is 0.886 bits per heavy atom. The SMILES string of the molecule is O=C(O)c1cc([N+](=O)[O-])c(C=Cc2ccc(OCc3ccccc3)cc2OCc2ccccc2)s1. The maximum atomic E-state index is 11.4. The van der Waals surface area contributed by atoms with Gasteiger partial charge >= 0.3 is 5.97 Å². The van der Waals surface area contributed by atoms with Crippen molar-refractivity contribution in [2.75, 3.05) is 0 Å². The van der Waals surface area contributed by atoms with Gasteiger partial charge in [-0.15, -0.1) is 11.3 Å². The highest BCUT2D eigenvalue weighted by molar-refractivity contribution is 7.15. The molecule has 0 saturated carbocycles. The molecule has 8 heteroatoms. The van der Waals surface area contributed by atoms with Crippen LogP contribution in [0.4, 0.5) is 5.69 Å². The summed E-state index contributed by atoms with van der Waals surface area (Å²) in [5, 5.41) is 20.6. The van der Waals surface area contributed by atoms with Crippen LogP contribution in [-0.2, 0) is 13.2 Å². The van der Waals surface area contributed by atoms with Crippen LogP contribution in [0.3, 0.4) is 0 Å². The maximum Gasteiger partial charge on any atom is 0.346 e. The Bertz CT molecular complexity index is 1350. The Labute approximate surface area is 205 Å².